The van der Waals surface area contributed by atoms with Gasteiger partial charge in [-0.05, 0) is 55.7 Å². The van der Waals surface area contributed by atoms with Crippen molar-refractivity contribution in [1.29, 1.82) is 0 Å². The third kappa shape index (κ3) is 6.32. The summed E-state index contributed by atoms with van der Waals surface area (Å²) in [7, 11) is 0. The van der Waals surface area contributed by atoms with Gasteiger partial charge in [-0.1, -0.05) is 42.4 Å². The predicted octanol–water partition coefficient (Wildman–Crippen LogP) is 4.77. The maximum Gasteiger partial charge on any atom is 0.262 e. The second-order valence-electron chi connectivity index (χ2n) is 6.95. The van der Waals surface area contributed by atoms with E-state index in [0.717, 1.165) is 12.1 Å². The molecule has 0 saturated heterocycles. The number of nitrogens with zero attached hydrogens (tertiary/aromatic N) is 2. The number of aromatic nitrogens is 2. The normalized spacial score (nSPS) is 11.1. The third-order valence-corrected chi connectivity index (χ3v) is 5.95. The number of carbonyl (C=O) groups excluding carboxylic acids is 1. The molecule has 3 aromatic rings. The molecule has 31 heavy (non-hydrogen) atoms. The van der Waals surface area contributed by atoms with Crippen LogP contribution in [-0.4, -0.2) is 34.4 Å². The van der Waals surface area contributed by atoms with Crippen molar-refractivity contribution in [3.05, 3.63) is 63.4 Å². The zero-order valence-corrected chi connectivity index (χ0v) is 19.3. The largest absolute Gasteiger partial charge is 0.382 e. The second kappa shape index (κ2) is 11.3. The van der Waals surface area contributed by atoms with Gasteiger partial charge in [-0.15, -0.1) is 0 Å². The van der Waals surface area contributed by atoms with Gasteiger partial charge in [0.15, 0.2) is 5.16 Å². The minimum Gasteiger partial charge on any atom is -0.382 e. The van der Waals surface area contributed by atoms with Crippen molar-refractivity contribution in [2.24, 2.45) is 0 Å². The molecule has 1 amide bonds. The number of rotatable bonds is 10. The lowest BCUT2D eigenvalue weighted by molar-refractivity contribution is -0.113. The van der Waals surface area contributed by atoms with E-state index in [1.165, 1.54) is 17.3 Å². The first-order valence-electron chi connectivity index (χ1n) is 10.3. The molecule has 0 aliphatic rings. The zero-order chi connectivity index (χ0) is 22.2. The maximum absolute atomic E-state index is 13.0. The molecule has 0 radical (unpaired) electrons. The molecule has 2 aromatic carbocycles. The minimum atomic E-state index is -0.157. The average molecular weight is 460 g/mol. The quantitative estimate of drug-likeness (QED) is 0.268. The first kappa shape index (κ1) is 23.3. The van der Waals surface area contributed by atoms with Gasteiger partial charge in [-0.2, -0.15) is 0 Å². The molecule has 0 unspecified atom stereocenters. The molecular formula is C23H26ClN3O3S. The molecule has 0 atom stereocenters. The van der Waals surface area contributed by atoms with Crippen LogP contribution in [0.2, 0.25) is 5.02 Å². The summed E-state index contributed by atoms with van der Waals surface area (Å²) < 4.78 is 7.01. The average Bonchev–Trinajstić information content (AvgIpc) is 2.77. The van der Waals surface area contributed by atoms with Gasteiger partial charge < -0.3 is 10.1 Å². The van der Waals surface area contributed by atoms with Crippen molar-refractivity contribution in [2.75, 3.05) is 24.3 Å². The Morgan fingerprint density at radius 1 is 1.19 bits per heavy atom. The van der Waals surface area contributed by atoms with Crippen LogP contribution in [0.4, 0.5) is 5.69 Å². The number of hydrogen-bond donors (Lipinski definition) is 1. The van der Waals surface area contributed by atoms with Crippen molar-refractivity contribution in [2.45, 2.75) is 38.4 Å². The van der Waals surface area contributed by atoms with Crippen LogP contribution in [0.1, 0.15) is 25.8 Å². The molecule has 1 N–H and O–H groups in total. The molecule has 1 heterocycles. The highest BCUT2D eigenvalue weighted by Crippen LogP contribution is 2.21. The monoisotopic (exact) mass is 459 g/mol. The van der Waals surface area contributed by atoms with Crippen LogP contribution in [0.5, 0.6) is 0 Å². The molecule has 164 valence electrons. The number of ether oxygens (including phenoxy) is 1. The third-order valence-electron chi connectivity index (χ3n) is 4.74. The fourth-order valence-corrected chi connectivity index (χ4v) is 4.09. The lowest BCUT2D eigenvalue weighted by Gasteiger charge is -2.13. The fraction of sp³-hybridized carbons (Fsp3) is 0.348. The second-order valence-corrected chi connectivity index (χ2v) is 8.33. The van der Waals surface area contributed by atoms with Crippen molar-refractivity contribution in [1.82, 2.24) is 9.55 Å². The van der Waals surface area contributed by atoms with E-state index in [9.17, 15) is 9.59 Å². The van der Waals surface area contributed by atoms with E-state index in [1.807, 2.05) is 31.2 Å². The number of carbonyl (C=O) groups is 1. The number of halogens is 1. The highest BCUT2D eigenvalue weighted by molar-refractivity contribution is 7.99. The van der Waals surface area contributed by atoms with Crippen LogP contribution in [0.25, 0.3) is 10.9 Å². The summed E-state index contributed by atoms with van der Waals surface area (Å²) in [6, 6.07) is 12.8. The smallest absolute Gasteiger partial charge is 0.262 e. The summed E-state index contributed by atoms with van der Waals surface area (Å²) >= 11 is 7.32. The zero-order valence-electron chi connectivity index (χ0n) is 17.7. The van der Waals surface area contributed by atoms with Crippen LogP contribution >= 0.6 is 23.4 Å². The van der Waals surface area contributed by atoms with Gasteiger partial charge in [0.25, 0.3) is 5.56 Å². The van der Waals surface area contributed by atoms with Crippen molar-refractivity contribution in [3.8, 4) is 0 Å². The Morgan fingerprint density at radius 3 is 2.68 bits per heavy atom. The Bertz CT molecular complexity index is 1100. The van der Waals surface area contributed by atoms with Gasteiger partial charge in [0.05, 0.1) is 16.7 Å². The number of fused-ring (bicyclic) bond motifs is 1. The Kier molecular flexibility index (Phi) is 8.51. The summed E-state index contributed by atoms with van der Waals surface area (Å²) in [6.07, 6.45) is 1.63. The highest BCUT2D eigenvalue weighted by Gasteiger charge is 2.14. The van der Waals surface area contributed by atoms with Crippen LogP contribution in [0.15, 0.2) is 52.4 Å². The Hall–Kier alpha value is -2.35. The lowest BCUT2D eigenvalue weighted by Crippen LogP contribution is -2.25. The number of aryl methyl sites for hydroxylation is 1. The molecule has 0 fully saturated rings. The van der Waals surface area contributed by atoms with E-state index in [4.69, 9.17) is 16.3 Å². The lowest BCUT2D eigenvalue weighted by atomic mass is 10.1. The summed E-state index contributed by atoms with van der Waals surface area (Å²) in [6.45, 7) is 5.67. The SMILES string of the molecule is CCOCCCn1c(SCC(=O)Nc2ccc(CC)cc2)nc2cc(Cl)ccc2c1=O. The molecule has 3 rings (SSSR count). The van der Waals surface area contributed by atoms with E-state index in [0.29, 0.717) is 47.3 Å². The van der Waals surface area contributed by atoms with Crippen LogP contribution in [0.3, 0.4) is 0 Å². The first-order valence-corrected chi connectivity index (χ1v) is 11.7. The summed E-state index contributed by atoms with van der Waals surface area (Å²) in [4.78, 5) is 30.1. The molecule has 8 heteroatoms. The van der Waals surface area contributed by atoms with Crippen LogP contribution < -0.4 is 10.9 Å². The number of nitrogens with one attached hydrogen (secondary N) is 1. The Morgan fingerprint density at radius 2 is 1.97 bits per heavy atom. The standard InChI is InChI=1S/C23H26ClN3O3S/c1-3-16-6-9-18(10-7-16)25-21(28)15-31-23-26-20-14-17(24)8-11-19(20)22(29)27(23)12-5-13-30-4-2/h6-11,14H,3-5,12-13,15H2,1-2H3,(H,25,28). The van der Waals surface area contributed by atoms with Gasteiger partial charge in [-0.25, -0.2) is 4.98 Å². The molecular weight excluding hydrogens is 434 g/mol. The summed E-state index contributed by atoms with van der Waals surface area (Å²) in [5.74, 6) is -0.0185. The number of amides is 1. The number of thioether (sulfide) groups is 1. The Balaban J connectivity index is 1.77. The van der Waals surface area contributed by atoms with E-state index in [2.05, 4.69) is 17.2 Å². The molecule has 6 nitrogen and oxygen atoms in total. The van der Waals surface area contributed by atoms with Gasteiger partial charge in [0.2, 0.25) is 5.91 Å². The van der Waals surface area contributed by atoms with Gasteiger partial charge >= 0.3 is 0 Å². The highest BCUT2D eigenvalue weighted by atomic mass is 35.5. The van der Waals surface area contributed by atoms with Gasteiger partial charge in [0.1, 0.15) is 0 Å². The van der Waals surface area contributed by atoms with E-state index in [1.54, 1.807) is 22.8 Å². The number of benzene rings is 2. The number of anilines is 1. The van der Waals surface area contributed by atoms with Crippen molar-refractivity contribution < 1.29 is 9.53 Å². The van der Waals surface area contributed by atoms with E-state index in [-0.39, 0.29) is 17.2 Å². The van der Waals surface area contributed by atoms with Crippen LogP contribution in [0, 0.1) is 0 Å². The molecule has 0 saturated carbocycles. The van der Waals surface area contributed by atoms with E-state index >= 15 is 0 Å². The topological polar surface area (TPSA) is 73.2 Å². The molecule has 1 aromatic heterocycles. The minimum absolute atomic E-state index is 0.138. The molecule has 0 bridgehead atoms. The summed E-state index contributed by atoms with van der Waals surface area (Å²) in [5, 5.41) is 4.40. The molecule has 0 spiro atoms. The Labute approximate surface area is 191 Å². The first-order chi connectivity index (χ1) is 15.0. The van der Waals surface area contributed by atoms with E-state index < -0.39 is 0 Å². The van der Waals surface area contributed by atoms with Crippen LogP contribution in [-0.2, 0) is 22.5 Å². The number of hydrogen-bond acceptors (Lipinski definition) is 5. The maximum atomic E-state index is 13.0. The molecule has 0 aliphatic carbocycles. The fourth-order valence-electron chi connectivity index (χ4n) is 3.10. The van der Waals surface area contributed by atoms with Gasteiger partial charge in [0, 0.05) is 30.5 Å². The summed E-state index contributed by atoms with van der Waals surface area (Å²) in [5.41, 5.74) is 2.34. The molecule has 0 aliphatic heterocycles. The van der Waals surface area contributed by atoms with Gasteiger partial charge in [-0.3, -0.25) is 14.2 Å². The van der Waals surface area contributed by atoms with Crippen molar-refractivity contribution in [3.63, 3.8) is 0 Å². The van der Waals surface area contributed by atoms with Crippen molar-refractivity contribution >= 4 is 45.9 Å². The predicted molar refractivity (Wildman–Crippen MR) is 127 cm³/mol.